The minimum absolute atomic E-state index is 0.184. The van der Waals surface area contributed by atoms with Crippen molar-refractivity contribution in [1.29, 1.82) is 0 Å². The number of piperidine rings is 1. The third-order valence-corrected chi connectivity index (χ3v) is 7.10. The number of hydrogen-bond acceptors (Lipinski definition) is 5. The lowest BCUT2D eigenvalue weighted by atomic mass is 9.70. The Morgan fingerprint density at radius 3 is 2.69 bits per heavy atom. The summed E-state index contributed by atoms with van der Waals surface area (Å²) in [5.74, 6) is 1.66. The standard InChI is InChI=1S/C19H27N5OS/c1-14(2)24-11-15(17-21-20-13-22(17)3)19(12-24)6-8-23(9-7-19)18(25)16-5-4-10-26-16/h4-5,10,13-15H,6-9,11-12H2,1-3H3. The number of nitrogens with zero attached hydrogens (tertiary/aromatic N) is 5. The van der Waals surface area contributed by atoms with Crippen LogP contribution in [0.3, 0.4) is 0 Å². The molecule has 2 saturated heterocycles. The van der Waals surface area contributed by atoms with Gasteiger partial charge in [0.15, 0.2) is 0 Å². The van der Waals surface area contributed by atoms with Gasteiger partial charge in [0.1, 0.15) is 12.2 Å². The predicted octanol–water partition coefficient (Wildman–Crippen LogP) is 2.61. The molecule has 4 heterocycles. The zero-order valence-corrected chi connectivity index (χ0v) is 16.6. The van der Waals surface area contributed by atoms with Gasteiger partial charge in [0.25, 0.3) is 5.91 Å². The van der Waals surface area contributed by atoms with E-state index in [1.165, 1.54) is 11.3 Å². The lowest BCUT2D eigenvalue weighted by molar-refractivity contribution is 0.0554. The second kappa shape index (κ2) is 6.78. The maximum absolute atomic E-state index is 12.7. The number of aryl methyl sites for hydroxylation is 1. The molecular formula is C19H27N5OS. The summed E-state index contributed by atoms with van der Waals surface area (Å²) < 4.78 is 2.07. The number of carbonyl (C=O) groups excluding carboxylic acids is 1. The van der Waals surface area contributed by atoms with Crippen LogP contribution in [0.25, 0.3) is 0 Å². The first-order valence-corrected chi connectivity index (χ1v) is 10.3. The van der Waals surface area contributed by atoms with Crippen LogP contribution in [0.5, 0.6) is 0 Å². The summed E-state index contributed by atoms with van der Waals surface area (Å²) in [5.41, 5.74) is 0.192. The van der Waals surface area contributed by atoms with Crippen LogP contribution in [0.4, 0.5) is 0 Å². The van der Waals surface area contributed by atoms with Crippen LogP contribution >= 0.6 is 11.3 Å². The summed E-state index contributed by atoms with van der Waals surface area (Å²) in [6, 6.07) is 4.40. The van der Waals surface area contributed by atoms with Crippen molar-refractivity contribution in [2.75, 3.05) is 26.2 Å². The maximum atomic E-state index is 12.7. The average molecular weight is 374 g/mol. The molecule has 0 bridgehead atoms. The van der Waals surface area contributed by atoms with Crippen LogP contribution in [-0.2, 0) is 7.05 Å². The van der Waals surface area contributed by atoms with Crippen LogP contribution in [0.2, 0.25) is 0 Å². The molecule has 2 aliphatic rings. The van der Waals surface area contributed by atoms with Gasteiger partial charge in [-0.3, -0.25) is 9.69 Å². The molecule has 4 rings (SSSR count). The van der Waals surface area contributed by atoms with E-state index in [0.29, 0.717) is 12.0 Å². The van der Waals surface area contributed by atoms with Gasteiger partial charge in [-0.2, -0.15) is 0 Å². The summed E-state index contributed by atoms with van der Waals surface area (Å²) in [5, 5.41) is 10.5. The van der Waals surface area contributed by atoms with Crippen molar-refractivity contribution >= 4 is 17.2 Å². The maximum Gasteiger partial charge on any atom is 0.263 e. The van der Waals surface area contributed by atoms with E-state index in [1.54, 1.807) is 6.33 Å². The van der Waals surface area contributed by atoms with E-state index in [2.05, 4.69) is 33.5 Å². The lowest BCUT2D eigenvalue weighted by Gasteiger charge is -2.42. The minimum atomic E-state index is 0.184. The number of amides is 1. The van der Waals surface area contributed by atoms with Crippen LogP contribution in [-0.4, -0.2) is 62.7 Å². The SMILES string of the molecule is CC(C)N1CC(c2nncn2C)C2(CCN(C(=O)c3cccs3)CC2)C1. The summed E-state index contributed by atoms with van der Waals surface area (Å²) >= 11 is 1.53. The Kier molecular flexibility index (Phi) is 4.61. The molecular weight excluding hydrogens is 346 g/mol. The van der Waals surface area contributed by atoms with Crippen molar-refractivity contribution < 1.29 is 4.79 Å². The molecule has 1 spiro atoms. The predicted molar refractivity (Wildman–Crippen MR) is 102 cm³/mol. The first-order valence-electron chi connectivity index (χ1n) is 9.41. The molecule has 2 aromatic rings. The zero-order chi connectivity index (χ0) is 18.3. The molecule has 6 nitrogen and oxygen atoms in total. The number of thiophene rings is 1. The number of rotatable bonds is 3. The minimum Gasteiger partial charge on any atom is -0.338 e. The third kappa shape index (κ3) is 2.97. The van der Waals surface area contributed by atoms with Gasteiger partial charge < -0.3 is 9.47 Å². The Balaban J connectivity index is 1.55. The van der Waals surface area contributed by atoms with E-state index >= 15 is 0 Å². The molecule has 7 heteroatoms. The summed E-state index contributed by atoms with van der Waals surface area (Å²) in [6.07, 6.45) is 3.87. The van der Waals surface area contributed by atoms with E-state index in [9.17, 15) is 4.79 Å². The third-order valence-electron chi connectivity index (χ3n) is 6.24. The normalized spacial score (nSPS) is 23.2. The van der Waals surface area contributed by atoms with Gasteiger partial charge in [-0.25, -0.2) is 0 Å². The second-order valence-electron chi connectivity index (χ2n) is 8.01. The van der Waals surface area contributed by atoms with Crippen molar-refractivity contribution in [2.45, 2.75) is 38.6 Å². The Hall–Kier alpha value is -1.73. The van der Waals surface area contributed by atoms with Crippen molar-refractivity contribution in [2.24, 2.45) is 12.5 Å². The molecule has 0 aliphatic carbocycles. The molecule has 0 N–H and O–H groups in total. The smallest absolute Gasteiger partial charge is 0.263 e. The van der Waals surface area contributed by atoms with Crippen LogP contribution in [0.15, 0.2) is 23.8 Å². The number of aromatic nitrogens is 3. The van der Waals surface area contributed by atoms with E-state index in [0.717, 1.165) is 49.7 Å². The average Bonchev–Trinajstić information content (AvgIpc) is 3.35. The zero-order valence-electron chi connectivity index (χ0n) is 15.8. The first kappa shape index (κ1) is 17.7. The van der Waals surface area contributed by atoms with Gasteiger partial charge in [-0.1, -0.05) is 6.07 Å². The highest BCUT2D eigenvalue weighted by Gasteiger charge is 2.51. The molecule has 0 aromatic carbocycles. The summed E-state index contributed by atoms with van der Waals surface area (Å²) in [4.78, 5) is 18.1. The monoisotopic (exact) mass is 373 g/mol. The molecule has 2 aromatic heterocycles. The van der Waals surface area contributed by atoms with Gasteiger partial charge in [0.2, 0.25) is 0 Å². The Morgan fingerprint density at radius 2 is 2.12 bits per heavy atom. The molecule has 1 amide bonds. The highest BCUT2D eigenvalue weighted by molar-refractivity contribution is 7.12. The van der Waals surface area contributed by atoms with Gasteiger partial charge in [-0.15, -0.1) is 21.5 Å². The van der Waals surface area contributed by atoms with Crippen LogP contribution < -0.4 is 0 Å². The van der Waals surface area contributed by atoms with E-state index in [4.69, 9.17) is 0 Å². The molecule has 1 atom stereocenters. The molecule has 2 fully saturated rings. The van der Waals surface area contributed by atoms with Crippen molar-refractivity contribution in [1.82, 2.24) is 24.6 Å². The Labute approximate surface area is 158 Å². The molecule has 140 valence electrons. The molecule has 1 unspecified atom stereocenters. The van der Waals surface area contributed by atoms with E-state index < -0.39 is 0 Å². The fourth-order valence-electron chi connectivity index (χ4n) is 4.58. The summed E-state index contributed by atoms with van der Waals surface area (Å²) in [6.45, 7) is 8.31. The van der Waals surface area contributed by atoms with Gasteiger partial charge in [0, 0.05) is 45.2 Å². The highest BCUT2D eigenvalue weighted by atomic mass is 32.1. The molecule has 26 heavy (non-hydrogen) atoms. The van der Waals surface area contributed by atoms with Crippen molar-refractivity contribution in [3.63, 3.8) is 0 Å². The molecule has 0 saturated carbocycles. The topological polar surface area (TPSA) is 54.3 Å². The first-order chi connectivity index (χ1) is 12.5. The van der Waals surface area contributed by atoms with Gasteiger partial charge in [0.05, 0.1) is 4.88 Å². The van der Waals surface area contributed by atoms with E-state index in [1.807, 2.05) is 29.5 Å². The summed E-state index contributed by atoms with van der Waals surface area (Å²) in [7, 11) is 2.04. The largest absolute Gasteiger partial charge is 0.338 e. The second-order valence-corrected chi connectivity index (χ2v) is 8.96. The van der Waals surface area contributed by atoms with Crippen LogP contribution in [0.1, 0.15) is 48.1 Å². The number of carbonyl (C=O) groups is 1. The van der Waals surface area contributed by atoms with Crippen molar-refractivity contribution in [3.8, 4) is 0 Å². The molecule has 0 radical (unpaired) electrons. The fraction of sp³-hybridized carbons (Fsp3) is 0.632. The molecule has 2 aliphatic heterocycles. The number of likely N-dealkylation sites (tertiary alicyclic amines) is 2. The van der Waals surface area contributed by atoms with Crippen molar-refractivity contribution in [3.05, 3.63) is 34.5 Å². The lowest BCUT2D eigenvalue weighted by Crippen LogP contribution is -2.46. The van der Waals surface area contributed by atoms with Gasteiger partial charge >= 0.3 is 0 Å². The van der Waals surface area contributed by atoms with E-state index in [-0.39, 0.29) is 11.3 Å². The Bertz CT molecular complexity index is 761. The fourth-order valence-corrected chi connectivity index (χ4v) is 5.27. The van der Waals surface area contributed by atoms with Gasteiger partial charge in [-0.05, 0) is 43.6 Å². The Morgan fingerprint density at radius 1 is 1.35 bits per heavy atom. The highest BCUT2D eigenvalue weighted by Crippen LogP contribution is 2.49. The number of hydrogen-bond donors (Lipinski definition) is 0. The quantitative estimate of drug-likeness (QED) is 0.830. The van der Waals surface area contributed by atoms with Crippen LogP contribution in [0, 0.1) is 5.41 Å².